The molecule has 0 unspecified atom stereocenters. The molecule has 0 saturated carbocycles. The summed E-state index contributed by atoms with van der Waals surface area (Å²) in [5.41, 5.74) is 0.658. The molecule has 0 aliphatic heterocycles. The van der Waals surface area contributed by atoms with E-state index in [-0.39, 0.29) is 18.0 Å². The van der Waals surface area contributed by atoms with Crippen LogP contribution in [0.2, 0.25) is 0 Å². The first kappa shape index (κ1) is 15.2. The molecule has 2 aromatic rings. The van der Waals surface area contributed by atoms with Gasteiger partial charge in [0.25, 0.3) is 0 Å². The highest BCUT2D eigenvalue weighted by atomic mass is 32.2. The summed E-state index contributed by atoms with van der Waals surface area (Å²) >= 11 is 1.25. The summed E-state index contributed by atoms with van der Waals surface area (Å²) in [7, 11) is -0.298. The lowest BCUT2D eigenvalue weighted by molar-refractivity contribution is 0.282. The first-order chi connectivity index (χ1) is 9.37. The standard InChI is InChI=1S/C12H17N3O3S2/c1-9-8-19-10(7-16)12(9)20(17,18)15(3)6-11-13-4-5-14(11)2/h4-5,8,16H,6-7H2,1-3H3. The number of imidazole rings is 1. The Hall–Kier alpha value is -1.22. The number of thiophene rings is 1. The quantitative estimate of drug-likeness (QED) is 0.896. The van der Waals surface area contributed by atoms with Crippen LogP contribution in [0, 0.1) is 6.92 Å². The average Bonchev–Trinajstić information content (AvgIpc) is 2.96. The fraction of sp³-hybridized carbons (Fsp3) is 0.417. The van der Waals surface area contributed by atoms with Crippen molar-refractivity contribution in [2.75, 3.05) is 7.05 Å². The van der Waals surface area contributed by atoms with E-state index in [0.717, 1.165) is 0 Å². The molecular weight excluding hydrogens is 298 g/mol. The van der Waals surface area contributed by atoms with Crippen LogP contribution in [-0.4, -0.2) is 34.4 Å². The molecule has 0 spiro atoms. The third kappa shape index (κ3) is 2.64. The number of hydrogen-bond acceptors (Lipinski definition) is 5. The van der Waals surface area contributed by atoms with Crippen LogP contribution in [0.4, 0.5) is 0 Å². The van der Waals surface area contributed by atoms with Gasteiger partial charge in [-0.2, -0.15) is 4.31 Å². The van der Waals surface area contributed by atoms with Crippen molar-refractivity contribution >= 4 is 21.4 Å². The first-order valence-corrected chi connectivity index (χ1v) is 8.30. The van der Waals surface area contributed by atoms with E-state index in [1.54, 1.807) is 29.3 Å². The van der Waals surface area contributed by atoms with Crippen LogP contribution in [0.5, 0.6) is 0 Å². The first-order valence-electron chi connectivity index (χ1n) is 5.98. The molecule has 0 atom stereocenters. The number of aromatic nitrogens is 2. The van der Waals surface area contributed by atoms with Gasteiger partial charge in [-0.15, -0.1) is 11.3 Å². The van der Waals surface area contributed by atoms with Gasteiger partial charge < -0.3 is 9.67 Å². The predicted molar refractivity (Wildman–Crippen MR) is 76.8 cm³/mol. The number of nitrogens with zero attached hydrogens (tertiary/aromatic N) is 3. The van der Waals surface area contributed by atoms with E-state index < -0.39 is 10.0 Å². The molecule has 1 N–H and O–H groups in total. The van der Waals surface area contributed by atoms with Crippen molar-refractivity contribution < 1.29 is 13.5 Å². The Morgan fingerprint density at radius 1 is 1.50 bits per heavy atom. The van der Waals surface area contributed by atoms with Crippen molar-refractivity contribution in [3.8, 4) is 0 Å². The van der Waals surface area contributed by atoms with Gasteiger partial charge in [-0.05, 0) is 17.9 Å². The summed E-state index contributed by atoms with van der Waals surface area (Å²) in [6.07, 6.45) is 3.40. The van der Waals surface area contributed by atoms with E-state index in [9.17, 15) is 13.5 Å². The molecule has 20 heavy (non-hydrogen) atoms. The number of aliphatic hydroxyl groups excluding tert-OH is 1. The molecule has 0 saturated heterocycles. The van der Waals surface area contributed by atoms with Crippen LogP contribution in [0.1, 0.15) is 16.3 Å². The van der Waals surface area contributed by atoms with E-state index in [1.807, 2.05) is 7.05 Å². The lowest BCUT2D eigenvalue weighted by atomic mass is 10.3. The summed E-state index contributed by atoms with van der Waals surface area (Å²) in [6.45, 7) is 1.65. The Morgan fingerprint density at radius 3 is 2.75 bits per heavy atom. The zero-order valence-corrected chi connectivity index (χ0v) is 13.2. The summed E-state index contributed by atoms with van der Waals surface area (Å²) in [5.74, 6) is 0.662. The minimum Gasteiger partial charge on any atom is -0.391 e. The molecule has 2 heterocycles. The third-order valence-electron chi connectivity index (χ3n) is 3.09. The highest BCUT2D eigenvalue weighted by Crippen LogP contribution is 2.29. The van der Waals surface area contributed by atoms with Gasteiger partial charge >= 0.3 is 0 Å². The zero-order chi connectivity index (χ0) is 14.9. The molecule has 0 radical (unpaired) electrons. The Morgan fingerprint density at radius 2 is 2.20 bits per heavy atom. The van der Waals surface area contributed by atoms with Crippen molar-refractivity contribution in [2.24, 2.45) is 7.05 Å². The Balaban J connectivity index is 2.35. The van der Waals surface area contributed by atoms with E-state index in [4.69, 9.17) is 0 Å². The summed E-state index contributed by atoms with van der Waals surface area (Å²) in [4.78, 5) is 4.80. The van der Waals surface area contributed by atoms with E-state index in [2.05, 4.69) is 4.98 Å². The lowest BCUT2D eigenvalue weighted by Gasteiger charge is -2.17. The molecule has 0 aliphatic carbocycles. The second-order valence-corrected chi connectivity index (χ2v) is 7.49. The van der Waals surface area contributed by atoms with Gasteiger partial charge in [0.15, 0.2) is 0 Å². The maximum Gasteiger partial charge on any atom is 0.244 e. The molecule has 2 rings (SSSR count). The van der Waals surface area contributed by atoms with E-state index in [1.165, 1.54) is 22.7 Å². The fourth-order valence-corrected chi connectivity index (χ4v) is 4.66. The molecule has 0 amide bonds. The molecule has 6 nitrogen and oxygen atoms in total. The number of rotatable bonds is 5. The maximum absolute atomic E-state index is 12.6. The van der Waals surface area contributed by atoms with Gasteiger partial charge in [0, 0.05) is 26.5 Å². The topological polar surface area (TPSA) is 75.4 Å². The second-order valence-electron chi connectivity index (χ2n) is 4.54. The van der Waals surface area contributed by atoms with Crippen LogP contribution in [0.25, 0.3) is 0 Å². The minimum atomic E-state index is -3.63. The van der Waals surface area contributed by atoms with Crippen molar-refractivity contribution in [1.82, 2.24) is 13.9 Å². The molecule has 8 heteroatoms. The largest absolute Gasteiger partial charge is 0.391 e. The molecule has 110 valence electrons. The van der Waals surface area contributed by atoms with Crippen molar-refractivity contribution in [3.63, 3.8) is 0 Å². The Labute approximate surface area is 122 Å². The monoisotopic (exact) mass is 315 g/mol. The number of hydrogen-bond donors (Lipinski definition) is 1. The normalized spacial score (nSPS) is 12.2. The van der Waals surface area contributed by atoms with Gasteiger partial charge in [0.1, 0.15) is 10.7 Å². The predicted octanol–water partition coefficient (Wildman–Crippen LogP) is 1.10. The summed E-state index contributed by atoms with van der Waals surface area (Å²) in [5, 5.41) is 11.0. The summed E-state index contributed by atoms with van der Waals surface area (Å²) in [6, 6.07) is 0. The van der Waals surface area contributed by atoms with Crippen LogP contribution in [0.3, 0.4) is 0 Å². The average molecular weight is 315 g/mol. The van der Waals surface area contributed by atoms with E-state index in [0.29, 0.717) is 16.3 Å². The minimum absolute atomic E-state index is 0.186. The highest BCUT2D eigenvalue weighted by Gasteiger charge is 2.27. The zero-order valence-electron chi connectivity index (χ0n) is 11.6. The molecule has 0 aliphatic rings. The van der Waals surface area contributed by atoms with Crippen LogP contribution in [0.15, 0.2) is 22.7 Å². The van der Waals surface area contributed by atoms with Crippen LogP contribution < -0.4 is 0 Å². The van der Waals surface area contributed by atoms with Crippen molar-refractivity contribution in [1.29, 1.82) is 0 Å². The van der Waals surface area contributed by atoms with E-state index >= 15 is 0 Å². The molecular formula is C12H17N3O3S2. The third-order valence-corrected chi connectivity index (χ3v) is 6.34. The smallest absolute Gasteiger partial charge is 0.244 e. The molecule has 0 bridgehead atoms. The van der Waals surface area contributed by atoms with Crippen LogP contribution >= 0.6 is 11.3 Å². The maximum atomic E-state index is 12.6. The molecule has 2 aromatic heterocycles. The Kier molecular flexibility index (Phi) is 4.28. The second kappa shape index (κ2) is 5.65. The van der Waals surface area contributed by atoms with Gasteiger partial charge in [0.05, 0.1) is 18.0 Å². The highest BCUT2D eigenvalue weighted by molar-refractivity contribution is 7.89. The van der Waals surface area contributed by atoms with Gasteiger partial charge in [-0.3, -0.25) is 0 Å². The lowest BCUT2D eigenvalue weighted by Crippen LogP contribution is -2.28. The number of aryl methyl sites for hydroxylation is 2. The summed E-state index contributed by atoms with van der Waals surface area (Å²) < 4.78 is 28.3. The van der Waals surface area contributed by atoms with Gasteiger partial charge in [-0.1, -0.05) is 0 Å². The van der Waals surface area contributed by atoms with Crippen LogP contribution in [-0.2, 0) is 30.2 Å². The molecule has 0 aromatic carbocycles. The number of aliphatic hydroxyl groups is 1. The SMILES string of the molecule is Cc1csc(CO)c1S(=O)(=O)N(C)Cc1nccn1C. The Bertz CT molecular complexity index is 703. The van der Waals surface area contributed by atoms with Gasteiger partial charge in [-0.25, -0.2) is 13.4 Å². The number of sulfonamides is 1. The van der Waals surface area contributed by atoms with Crippen molar-refractivity contribution in [2.45, 2.75) is 25.0 Å². The fourth-order valence-electron chi connectivity index (χ4n) is 1.93. The van der Waals surface area contributed by atoms with Crippen molar-refractivity contribution in [3.05, 3.63) is 34.0 Å². The van der Waals surface area contributed by atoms with Gasteiger partial charge in [0.2, 0.25) is 10.0 Å². The molecule has 0 fully saturated rings.